The minimum Gasteiger partial charge on any atom is -0.489 e. The number of hydrogen-bond acceptors (Lipinski definition) is 11. The van der Waals surface area contributed by atoms with E-state index in [4.69, 9.17) is 19.8 Å². The lowest BCUT2D eigenvalue weighted by atomic mass is 10.1. The molecule has 0 spiro atoms. The number of anilines is 1. The average Bonchev–Trinajstić information content (AvgIpc) is 3.57. The molecule has 13 nitrogen and oxygen atoms in total. The summed E-state index contributed by atoms with van der Waals surface area (Å²) in [5, 5.41) is 19.9. The maximum atomic E-state index is 13.3. The van der Waals surface area contributed by atoms with Gasteiger partial charge in [-0.05, 0) is 59.6 Å². The van der Waals surface area contributed by atoms with Gasteiger partial charge in [-0.3, -0.25) is 9.69 Å². The average molecular weight is 532 g/mol. The van der Waals surface area contributed by atoms with E-state index < -0.39 is 5.91 Å². The fraction of sp³-hybridized carbons (Fsp3) is 0.308. The molecule has 2 aromatic heterocycles. The Morgan fingerprint density at radius 2 is 1.85 bits per heavy atom. The van der Waals surface area contributed by atoms with E-state index in [2.05, 4.69) is 55.1 Å². The molecule has 0 bridgehead atoms. The standard InChI is InChI=1S/C26H29N9O4/c1-17-3-5-19(6-4-17)16-38-21-9-7-20(8-10-21)18(2)28-30-26(36)23-22(15-34-11-13-37-14-12-34)29-33-35(23)25-24(27)31-39-32-25/h3-10H,11-16H2,1-2H3,(H2,27,31)(H,30,36)/b28-18-. The zero-order valence-electron chi connectivity index (χ0n) is 21.7. The van der Waals surface area contributed by atoms with Crippen molar-refractivity contribution >= 4 is 17.4 Å². The molecule has 13 heteroatoms. The number of nitrogen functional groups attached to an aromatic ring is 1. The number of amides is 1. The van der Waals surface area contributed by atoms with Crippen molar-refractivity contribution in [1.29, 1.82) is 0 Å². The van der Waals surface area contributed by atoms with Crippen LogP contribution >= 0.6 is 0 Å². The molecule has 0 aliphatic carbocycles. The Kier molecular flexibility index (Phi) is 7.89. The lowest BCUT2D eigenvalue weighted by Gasteiger charge is -2.25. The quantitative estimate of drug-likeness (QED) is 0.242. The maximum Gasteiger partial charge on any atom is 0.292 e. The van der Waals surface area contributed by atoms with E-state index >= 15 is 0 Å². The molecule has 0 saturated carbocycles. The summed E-state index contributed by atoms with van der Waals surface area (Å²) in [6, 6.07) is 15.7. The van der Waals surface area contributed by atoms with Crippen LogP contribution in [0.3, 0.4) is 0 Å². The molecular weight excluding hydrogens is 502 g/mol. The van der Waals surface area contributed by atoms with Crippen molar-refractivity contribution in [1.82, 2.24) is 35.6 Å². The summed E-state index contributed by atoms with van der Waals surface area (Å²) in [6.07, 6.45) is 0. The number of aromatic nitrogens is 5. The topological polar surface area (TPSA) is 159 Å². The third kappa shape index (κ3) is 6.27. The molecule has 39 heavy (non-hydrogen) atoms. The Balaban J connectivity index is 1.28. The van der Waals surface area contributed by atoms with Crippen molar-refractivity contribution in [3.63, 3.8) is 0 Å². The van der Waals surface area contributed by atoms with Crippen LogP contribution in [-0.4, -0.2) is 68.1 Å². The summed E-state index contributed by atoms with van der Waals surface area (Å²) in [5.74, 6) is 0.264. The monoisotopic (exact) mass is 531 g/mol. The van der Waals surface area contributed by atoms with Crippen molar-refractivity contribution in [2.24, 2.45) is 5.10 Å². The first kappa shape index (κ1) is 26.0. The van der Waals surface area contributed by atoms with Crippen LogP contribution in [-0.2, 0) is 17.9 Å². The van der Waals surface area contributed by atoms with Crippen LogP contribution in [0.5, 0.6) is 5.75 Å². The summed E-state index contributed by atoms with van der Waals surface area (Å²) in [7, 11) is 0. The predicted octanol–water partition coefficient (Wildman–Crippen LogP) is 2.11. The number of hydrazone groups is 1. The first-order valence-electron chi connectivity index (χ1n) is 12.4. The van der Waals surface area contributed by atoms with Gasteiger partial charge in [-0.1, -0.05) is 35.0 Å². The number of nitrogens with zero attached hydrogens (tertiary/aromatic N) is 7. The lowest BCUT2D eigenvalue weighted by Crippen LogP contribution is -2.36. The van der Waals surface area contributed by atoms with Crippen molar-refractivity contribution in [3.8, 4) is 11.6 Å². The summed E-state index contributed by atoms with van der Waals surface area (Å²) < 4.78 is 17.2. The van der Waals surface area contributed by atoms with E-state index in [-0.39, 0.29) is 17.3 Å². The van der Waals surface area contributed by atoms with Crippen LogP contribution in [0.15, 0.2) is 58.3 Å². The number of carbonyl (C=O) groups excluding carboxylic acids is 1. The Morgan fingerprint density at radius 1 is 1.10 bits per heavy atom. The Hall–Kier alpha value is -4.62. The molecule has 1 aliphatic heterocycles. The van der Waals surface area contributed by atoms with Gasteiger partial charge in [0.25, 0.3) is 5.91 Å². The molecule has 5 rings (SSSR count). The van der Waals surface area contributed by atoms with Gasteiger partial charge in [-0.25, -0.2) is 10.1 Å². The number of aryl methyl sites for hydroxylation is 1. The van der Waals surface area contributed by atoms with Gasteiger partial charge in [0.1, 0.15) is 18.1 Å². The van der Waals surface area contributed by atoms with Gasteiger partial charge in [0, 0.05) is 19.6 Å². The fourth-order valence-electron chi connectivity index (χ4n) is 4.00. The molecule has 0 unspecified atom stereocenters. The molecule has 2 aromatic carbocycles. The normalized spacial score (nSPS) is 14.4. The second-order valence-electron chi connectivity index (χ2n) is 9.09. The van der Waals surface area contributed by atoms with Crippen molar-refractivity contribution in [3.05, 3.63) is 76.6 Å². The fourth-order valence-corrected chi connectivity index (χ4v) is 4.00. The summed E-state index contributed by atoms with van der Waals surface area (Å²) in [5.41, 5.74) is 12.8. The van der Waals surface area contributed by atoms with Crippen LogP contribution in [0.25, 0.3) is 5.82 Å². The lowest BCUT2D eigenvalue weighted by molar-refractivity contribution is 0.0335. The van der Waals surface area contributed by atoms with E-state index in [0.717, 1.165) is 16.9 Å². The van der Waals surface area contributed by atoms with Crippen LogP contribution in [0.4, 0.5) is 5.82 Å². The van der Waals surface area contributed by atoms with Crippen LogP contribution < -0.4 is 15.9 Å². The molecule has 3 heterocycles. The van der Waals surface area contributed by atoms with E-state index in [9.17, 15) is 4.79 Å². The molecule has 202 valence electrons. The SMILES string of the molecule is C/C(=N/NC(=O)c1c(CN2CCOCC2)nnn1-c1nonc1N)c1ccc(OCc2ccc(C)cc2)cc1. The number of hydrogen-bond donors (Lipinski definition) is 2. The van der Waals surface area contributed by atoms with Gasteiger partial charge in [-0.15, -0.1) is 5.10 Å². The number of rotatable bonds is 9. The Labute approximate surface area is 224 Å². The van der Waals surface area contributed by atoms with Gasteiger partial charge in [0.15, 0.2) is 5.69 Å². The van der Waals surface area contributed by atoms with E-state index in [1.165, 1.54) is 10.2 Å². The van der Waals surface area contributed by atoms with Gasteiger partial charge in [0.05, 0.1) is 18.9 Å². The highest BCUT2D eigenvalue weighted by Crippen LogP contribution is 2.18. The van der Waals surface area contributed by atoms with E-state index in [0.29, 0.717) is 50.9 Å². The number of morpholine rings is 1. The van der Waals surface area contributed by atoms with Crippen LogP contribution in [0.1, 0.15) is 39.8 Å². The van der Waals surface area contributed by atoms with Crippen LogP contribution in [0, 0.1) is 6.92 Å². The number of ether oxygens (including phenoxy) is 2. The molecule has 1 saturated heterocycles. The van der Waals surface area contributed by atoms with E-state index in [1.54, 1.807) is 6.92 Å². The van der Waals surface area contributed by atoms with Gasteiger partial charge < -0.3 is 15.2 Å². The number of nitrogens with one attached hydrogen (secondary N) is 1. The third-order valence-electron chi connectivity index (χ3n) is 6.25. The molecule has 1 aliphatic rings. The third-order valence-corrected chi connectivity index (χ3v) is 6.25. The largest absolute Gasteiger partial charge is 0.489 e. The number of benzene rings is 2. The molecule has 1 fully saturated rings. The minimum absolute atomic E-state index is 0.0174. The minimum atomic E-state index is -0.525. The summed E-state index contributed by atoms with van der Waals surface area (Å²) in [4.78, 5) is 15.4. The van der Waals surface area contributed by atoms with Gasteiger partial charge >= 0.3 is 0 Å². The van der Waals surface area contributed by atoms with Gasteiger partial charge in [0.2, 0.25) is 11.6 Å². The molecule has 0 radical (unpaired) electrons. The number of carbonyl (C=O) groups is 1. The molecule has 4 aromatic rings. The van der Waals surface area contributed by atoms with E-state index in [1.807, 2.05) is 36.4 Å². The number of nitrogens with two attached hydrogens (primary N) is 1. The van der Waals surface area contributed by atoms with Gasteiger partial charge in [-0.2, -0.15) is 9.78 Å². The Bertz CT molecular complexity index is 1440. The second kappa shape index (κ2) is 11.8. The summed E-state index contributed by atoms with van der Waals surface area (Å²) >= 11 is 0. The first-order valence-corrected chi connectivity index (χ1v) is 12.4. The smallest absolute Gasteiger partial charge is 0.292 e. The zero-order chi connectivity index (χ0) is 27.2. The highest BCUT2D eigenvalue weighted by molar-refractivity contribution is 6.00. The maximum absolute atomic E-state index is 13.3. The zero-order valence-corrected chi connectivity index (χ0v) is 21.7. The molecule has 3 N–H and O–H groups in total. The molecule has 1 amide bonds. The second-order valence-corrected chi connectivity index (χ2v) is 9.09. The predicted molar refractivity (Wildman–Crippen MR) is 141 cm³/mol. The van der Waals surface area contributed by atoms with Crippen molar-refractivity contribution in [2.45, 2.75) is 27.0 Å². The molecular formula is C26H29N9O4. The van der Waals surface area contributed by atoms with Crippen molar-refractivity contribution < 1.29 is 18.9 Å². The highest BCUT2D eigenvalue weighted by atomic mass is 16.6. The van der Waals surface area contributed by atoms with Crippen molar-refractivity contribution in [2.75, 3.05) is 32.0 Å². The first-order chi connectivity index (χ1) is 19.0. The highest BCUT2D eigenvalue weighted by Gasteiger charge is 2.26. The summed E-state index contributed by atoms with van der Waals surface area (Å²) in [6.45, 7) is 7.35. The van der Waals surface area contributed by atoms with Crippen LogP contribution in [0.2, 0.25) is 0 Å². The Morgan fingerprint density at radius 3 is 2.54 bits per heavy atom. The molecule has 0 atom stereocenters.